The number of amides is 2. The number of nitrogens with one attached hydrogen (secondary N) is 1. The van der Waals surface area contributed by atoms with Gasteiger partial charge in [0.25, 0.3) is 0 Å². The molecule has 3 aliphatic rings. The van der Waals surface area contributed by atoms with Crippen LogP contribution in [0.3, 0.4) is 0 Å². The van der Waals surface area contributed by atoms with Crippen molar-refractivity contribution >= 4 is 18.0 Å². The topological polar surface area (TPSA) is 95.9 Å². The number of hydrogen-bond acceptors (Lipinski definition) is 4. The lowest BCUT2D eigenvalue weighted by Gasteiger charge is -2.26. The zero-order valence-electron chi connectivity index (χ0n) is 20.2. The molecule has 2 aromatic carbocycles. The van der Waals surface area contributed by atoms with E-state index < -0.39 is 17.5 Å². The SMILES string of the molecule is C[C@@H]1CN(C(=O)C2CCCC2NC(=O)OCC2c3ccccc3-c3ccccc32)C[C@@]1(C)C(=O)O. The van der Waals surface area contributed by atoms with Crippen LogP contribution in [-0.4, -0.2) is 53.7 Å². The minimum Gasteiger partial charge on any atom is -0.481 e. The fourth-order valence-electron chi connectivity index (χ4n) is 6.05. The zero-order chi connectivity index (χ0) is 24.7. The largest absolute Gasteiger partial charge is 0.481 e. The van der Waals surface area contributed by atoms with E-state index in [1.807, 2.05) is 31.2 Å². The number of carboxylic acid groups (broad SMARTS) is 1. The first-order valence-corrected chi connectivity index (χ1v) is 12.4. The molecule has 2 unspecified atom stereocenters. The highest BCUT2D eigenvalue weighted by molar-refractivity contribution is 5.84. The highest BCUT2D eigenvalue weighted by Crippen LogP contribution is 2.44. The number of aliphatic carboxylic acids is 1. The molecule has 1 aliphatic heterocycles. The number of nitrogens with zero attached hydrogens (tertiary/aromatic N) is 1. The number of benzene rings is 2. The summed E-state index contributed by atoms with van der Waals surface area (Å²) < 4.78 is 5.68. The minimum absolute atomic E-state index is 0.0195. The number of alkyl carbamates (subject to hydrolysis) is 1. The Kier molecular flexibility index (Phi) is 6.03. The molecule has 1 saturated heterocycles. The summed E-state index contributed by atoms with van der Waals surface area (Å²) in [4.78, 5) is 39.5. The smallest absolute Gasteiger partial charge is 0.407 e. The molecule has 2 fully saturated rings. The van der Waals surface area contributed by atoms with Crippen molar-refractivity contribution in [3.8, 4) is 11.1 Å². The average Bonchev–Trinajstić information content (AvgIpc) is 3.52. The van der Waals surface area contributed by atoms with Crippen molar-refractivity contribution in [2.45, 2.75) is 45.1 Å². The number of carbonyl (C=O) groups is 3. The normalized spacial score (nSPS) is 27.4. The molecule has 2 N–H and O–H groups in total. The van der Waals surface area contributed by atoms with E-state index in [4.69, 9.17) is 4.74 Å². The fraction of sp³-hybridized carbons (Fsp3) is 0.464. The van der Waals surface area contributed by atoms with Crippen LogP contribution in [0.25, 0.3) is 11.1 Å². The quantitative estimate of drug-likeness (QED) is 0.672. The summed E-state index contributed by atoms with van der Waals surface area (Å²) >= 11 is 0. The molecular formula is C28H32N2O5. The van der Waals surface area contributed by atoms with Crippen LogP contribution in [0.2, 0.25) is 0 Å². The van der Waals surface area contributed by atoms with Crippen LogP contribution in [-0.2, 0) is 14.3 Å². The summed E-state index contributed by atoms with van der Waals surface area (Å²) in [6.07, 6.45) is 1.72. The van der Waals surface area contributed by atoms with Gasteiger partial charge in [-0.15, -0.1) is 0 Å². The molecule has 0 aromatic heterocycles. The lowest BCUT2D eigenvalue weighted by Crippen LogP contribution is -2.46. The van der Waals surface area contributed by atoms with Gasteiger partial charge in [-0.25, -0.2) is 4.79 Å². The van der Waals surface area contributed by atoms with Crippen molar-refractivity contribution in [3.05, 3.63) is 59.7 Å². The molecule has 1 heterocycles. The van der Waals surface area contributed by atoms with Crippen LogP contribution in [0.4, 0.5) is 4.79 Å². The number of likely N-dealkylation sites (tertiary alicyclic amines) is 1. The summed E-state index contributed by atoms with van der Waals surface area (Å²) in [5, 5.41) is 12.6. The van der Waals surface area contributed by atoms with Gasteiger partial charge in [-0.05, 0) is 47.9 Å². The first kappa shape index (κ1) is 23.4. The Bertz CT molecular complexity index is 1120. The molecule has 1 saturated carbocycles. The van der Waals surface area contributed by atoms with Gasteiger partial charge in [-0.3, -0.25) is 9.59 Å². The number of carboxylic acids is 1. The van der Waals surface area contributed by atoms with Gasteiger partial charge in [0.15, 0.2) is 0 Å². The number of rotatable bonds is 5. The second-order valence-electron chi connectivity index (χ2n) is 10.5. The van der Waals surface area contributed by atoms with Crippen LogP contribution >= 0.6 is 0 Å². The van der Waals surface area contributed by atoms with Crippen molar-refractivity contribution in [2.75, 3.05) is 19.7 Å². The van der Waals surface area contributed by atoms with Crippen molar-refractivity contribution in [3.63, 3.8) is 0 Å². The molecule has 0 spiro atoms. The maximum Gasteiger partial charge on any atom is 0.407 e. The van der Waals surface area contributed by atoms with Gasteiger partial charge in [0, 0.05) is 25.0 Å². The highest BCUT2D eigenvalue weighted by Gasteiger charge is 2.49. The average molecular weight is 477 g/mol. The van der Waals surface area contributed by atoms with E-state index in [-0.39, 0.29) is 42.9 Å². The zero-order valence-corrected chi connectivity index (χ0v) is 20.2. The summed E-state index contributed by atoms with van der Waals surface area (Å²) in [5.74, 6) is -1.44. The lowest BCUT2D eigenvalue weighted by molar-refractivity contribution is -0.149. The van der Waals surface area contributed by atoms with Crippen LogP contribution in [0, 0.1) is 17.3 Å². The Morgan fingerprint density at radius 3 is 2.29 bits per heavy atom. The van der Waals surface area contributed by atoms with Crippen LogP contribution in [0.5, 0.6) is 0 Å². The van der Waals surface area contributed by atoms with Crippen molar-refractivity contribution in [1.29, 1.82) is 0 Å². The Hall–Kier alpha value is -3.35. The molecular weight excluding hydrogens is 444 g/mol. The van der Waals surface area contributed by atoms with E-state index in [1.165, 1.54) is 11.1 Å². The number of hydrogen-bond donors (Lipinski definition) is 2. The van der Waals surface area contributed by atoms with Gasteiger partial charge in [0.05, 0.1) is 11.3 Å². The second-order valence-corrected chi connectivity index (χ2v) is 10.5. The maximum atomic E-state index is 13.3. The van der Waals surface area contributed by atoms with Gasteiger partial charge in [-0.1, -0.05) is 61.9 Å². The van der Waals surface area contributed by atoms with Crippen LogP contribution in [0.1, 0.15) is 50.2 Å². The lowest BCUT2D eigenvalue weighted by atomic mass is 9.81. The van der Waals surface area contributed by atoms with E-state index in [0.29, 0.717) is 19.4 Å². The summed E-state index contributed by atoms with van der Waals surface area (Å²) in [5.41, 5.74) is 3.71. The third-order valence-electron chi connectivity index (χ3n) is 8.38. The molecule has 5 rings (SSSR count). The van der Waals surface area contributed by atoms with E-state index in [9.17, 15) is 19.5 Å². The highest BCUT2D eigenvalue weighted by atomic mass is 16.5. The van der Waals surface area contributed by atoms with Crippen LogP contribution in [0.15, 0.2) is 48.5 Å². The van der Waals surface area contributed by atoms with E-state index in [1.54, 1.807) is 11.8 Å². The Labute approximate surface area is 205 Å². The fourth-order valence-corrected chi connectivity index (χ4v) is 6.05. The summed E-state index contributed by atoms with van der Waals surface area (Å²) in [7, 11) is 0. The standard InChI is InChI=1S/C28H32N2O5/c1-17-14-30(16-28(17,2)26(32)33)25(31)22-12-7-13-24(22)29-27(34)35-15-23-20-10-5-3-8-18(20)19-9-4-6-11-21(19)23/h3-6,8-11,17,22-24H,7,12-16H2,1-2H3,(H,29,34)(H,32,33)/t17-,22?,24?,28-/m1/s1. The first-order chi connectivity index (χ1) is 16.8. The first-order valence-electron chi connectivity index (χ1n) is 12.4. The van der Waals surface area contributed by atoms with Gasteiger partial charge in [0.2, 0.25) is 5.91 Å². The van der Waals surface area contributed by atoms with Crippen molar-refractivity contribution in [1.82, 2.24) is 10.2 Å². The van der Waals surface area contributed by atoms with Crippen molar-refractivity contribution in [2.24, 2.45) is 17.3 Å². The van der Waals surface area contributed by atoms with Gasteiger partial charge < -0.3 is 20.1 Å². The molecule has 2 aliphatic carbocycles. The minimum atomic E-state index is -0.940. The van der Waals surface area contributed by atoms with Gasteiger partial charge >= 0.3 is 12.1 Å². The number of ether oxygens (including phenoxy) is 1. The summed E-state index contributed by atoms with van der Waals surface area (Å²) in [6.45, 7) is 4.44. The van der Waals surface area contributed by atoms with Crippen LogP contribution < -0.4 is 5.32 Å². The number of fused-ring (bicyclic) bond motifs is 3. The van der Waals surface area contributed by atoms with Gasteiger partial charge in [0.1, 0.15) is 6.61 Å². The van der Waals surface area contributed by atoms with E-state index in [0.717, 1.165) is 17.5 Å². The molecule has 0 bridgehead atoms. The van der Waals surface area contributed by atoms with Gasteiger partial charge in [-0.2, -0.15) is 0 Å². The predicted molar refractivity (Wildman–Crippen MR) is 131 cm³/mol. The molecule has 35 heavy (non-hydrogen) atoms. The Balaban J connectivity index is 1.21. The monoisotopic (exact) mass is 476 g/mol. The molecule has 2 aromatic rings. The predicted octanol–water partition coefficient (Wildman–Crippen LogP) is 4.26. The van der Waals surface area contributed by atoms with Crippen molar-refractivity contribution < 1.29 is 24.2 Å². The third-order valence-corrected chi connectivity index (χ3v) is 8.38. The summed E-state index contributed by atoms with van der Waals surface area (Å²) in [6, 6.07) is 16.1. The molecule has 2 amide bonds. The Morgan fingerprint density at radius 2 is 1.69 bits per heavy atom. The molecule has 4 atom stereocenters. The van der Waals surface area contributed by atoms with E-state index in [2.05, 4.69) is 29.6 Å². The molecule has 184 valence electrons. The molecule has 7 nitrogen and oxygen atoms in total. The maximum absolute atomic E-state index is 13.3. The van der Waals surface area contributed by atoms with E-state index >= 15 is 0 Å². The second kappa shape index (κ2) is 9.02. The number of carbonyl (C=O) groups excluding carboxylic acids is 2. The molecule has 0 radical (unpaired) electrons. The Morgan fingerprint density at radius 1 is 1.06 bits per heavy atom. The third kappa shape index (κ3) is 4.07. The molecule has 7 heteroatoms.